The molecule has 0 aliphatic rings. The van der Waals surface area contributed by atoms with Gasteiger partial charge < -0.3 is 14.6 Å². The van der Waals surface area contributed by atoms with Crippen molar-refractivity contribution in [3.8, 4) is 0 Å². The van der Waals surface area contributed by atoms with Gasteiger partial charge in [-0.25, -0.2) is 9.18 Å². The van der Waals surface area contributed by atoms with Crippen molar-refractivity contribution in [2.45, 2.75) is 39.3 Å². The zero-order valence-electron chi connectivity index (χ0n) is 10.8. The first-order valence-electron chi connectivity index (χ1n) is 5.75. The molecule has 0 saturated heterocycles. The third kappa shape index (κ3) is 5.53. The third-order valence-electron chi connectivity index (χ3n) is 2.05. The molecule has 6 heteroatoms. The van der Waals surface area contributed by atoms with E-state index in [-0.39, 0.29) is 5.82 Å². The van der Waals surface area contributed by atoms with Crippen LogP contribution in [0, 0.1) is 5.82 Å². The maximum absolute atomic E-state index is 13.0. The smallest absolute Gasteiger partial charge is 0.407 e. The first-order valence-corrected chi connectivity index (χ1v) is 6.55. The fourth-order valence-electron chi connectivity index (χ4n) is 1.35. The van der Waals surface area contributed by atoms with Gasteiger partial charge in [-0.1, -0.05) is 0 Å². The lowest BCUT2D eigenvalue weighted by Gasteiger charge is -2.19. The van der Waals surface area contributed by atoms with E-state index >= 15 is 0 Å². The van der Waals surface area contributed by atoms with E-state index in [0.717, 1.165) is 0 Å². The van der Waals surface area contributed by atoms with Crippen molar-refractivity contribution in [2.75, 3.05) is 6.54 Å². The second-order valence-electron chi connectivity index (χ2n) is 4.97. The molecule has 1 aromatic rings. The van der Waals surface area contributed by atoms with Crippen molar-refractivity contribution in [3.63, 3.8) is 0 Å². The number of carbonyl (C=O) groups is 1. The molecule has 0 saturated carbocycles. The van der Waals surface area contributed by atoms with Gasteiger partial charge in [-0.05, 0) is 43.1 Å². The summed E-state index contributed by atoms with van der Waals surface area (Å²) in [5.41, 5.74) is -0.488. The Morgan fingerprint density at radius 2 is 2.17 bits per heavy atom. The highest BCUT2D eigenvalue weighted by molar-refractivity contribution is 9.10. The number of amides is 1. The Labute approximate surface area is 115 Å². The lowest BCUT2D eigenvalue weighted by molar-refractivity contribution is 0.0526. The molecule has 0 spiro atoms. The number of nitrogens with zero attached hydrogens (tertiary/aromatic N) is 1. The maximum Gasteiger partial charge on any atom is 0.407 e. The van der Waals surface area contributed by atoms with E-state index in [4.69, 9.17) is 4.74 Å². The van der Waals surface area contributed by atoms with Gasteiger partial charge in [0.05, 0.1) is 4.47 Å². The molecular formula is C12H18BrFN2O2. The zero-order chi connectivity index (χ0) is 13.8. The Bertz CT molecular complexity index is 393. The van der Waals surface area contributed by atoms with E-state index in [1.54, 1.807) is 10.8 Å². The number of alkyl carbamates (subject to hydrolysis) is 1. The number of carbonyl (C=O) groups excluding carboxylic acids is 1. The van der Waals surface area contributed by atoms with Crippen LogP contribution in [0.2, 0.25) is 0 Å². The van der Waals surface area contributed by atoms with Crippen molar-refractivity contribution < 1.29 is 13.9 Å². The highest BCUT2D eigenvalue weighted by Gasteiger charge is 2.15. The zero-order valence-corrected chi connectivity index (χ0v) is 12.4. The van der Waals surface area contributed by atoms with Gasteiger partial charge in [0, 0.05) is 25.5 Å². The summed E-state index contributed by atoms with van der Waals surface area (Å²) in [6.07, 6.45) is 3.36. The molecule has 4 nitrogen and oxygen atoms in total. The van der Waals surface area contributed by atoms with Gasteiger partial charge >= 0.3 is 6.09 Å². The summed E-state index contributed by atoms with van der Waals surface area (Å²) in [5.74, 6) is -0.282. The number of rotatable bonds is 4. The summed E-state index contributed by atoms with van der Waals surface area (Å²) in [7, 11) is 0. The van der Waals surface area contributed by atoms with E-state index in [1.165, 1.54) is 6.20 Å². The fourth-order valence-corrected chi connectivity index (χ4v) is 1.71. The predicted octanol–water partition coefficient (Wildman–Crippen LogP) is 3.30. The van der Waals surface area contributed by atoms with Gasteiger partial charge in [-0.3, -0.25) is 0 Å². The minimum atomic E-state index is -0.488. The number of hydrogen-bond acceptors (Lipinski definition) is 2. The first kappa shape index (κ1) is 15.0. The van der Waals surface area contributed by atoms with E-state index < -0.39 is 11.7 Å². The second-order valence-corrected chi connectivity index (χ2v) is 5.83. The molecule has 0 aliphatic carbocycles. The molecule has 1 amide bonds. The number of ether oxygens (including phenoxy) is 1. The molecule has 0 unspecified atom stereocenters. The number of aryl methyl sites for hydroxylation is 1. The fraction of sp³-hybridized carbons (Fsp3) is 0.583. The Morgan fingerprint density at radius 1 is 1.50 bits per heavy atom. The lowest BCUT2D eigenvalue weighted by Crippen LogP contribution is -2.33. The average molecular weight is 321 g/mol. The summed E-state index contributed by atoms with van der Waals surface area (Å²) < 4.78 is 20.3. The van der Waals surface area contributed by atoms with E-state index in [2.05, 4.69) is 21.2 Å². The predicted molar refractivity (Wildman–Crippen MR) is 70.9 cm³/mol. The minimum absolute atomic E-state index is 0.282. The Kier molecular flexibility index (Phi) is 5.19. The van der Waals surface area contributed by atoms with E-state index in [9.17, 15) is 9.18 Å². The monoisotopic (exact) mass is 320 g/mol. The van der Waals surface area contributed by atoms with Crippen molar-refractivity contribution >= 4 is 22.0 Å². The van der Waals surface area contributed by atoms with Gasteiger partial charge in [-0.15, -0.1) is 0 Å². The normalized spacial score (nSPS) is 11.4. The maximum atomic E-state index is 13.0. The number of hydrogen-bond donors (Lipinski definition) is 1. The second kappa shape index (κ2) is 6.22. The molecule has 0 bridgehead atoms. The summed E-state index contributed by atoms with van der Waals surface area (Å²) >= 11 is 3.10. The molecule has 0 atom stereocenters. The van der Waals surface area contributed by atoms with Gasteiger partial charge in [0.15, 0.2) is 5.82 Å². The largest absolute Gasteiger partial charge is 0.444 e. The minimum Gasteiger partial charge on any atom is -0.444 e. The highest BCUT2D eigenvalue weighted by atomic mass is 79.9. The Balaban J connectivity index is 2.21. The van der Waals surface area contributed by atoms with Crippen LogP contribution in [-0.4, -0.2) is 22.8 Å². The quantitative estimate of drug-likeness (QED) is 0.865. The number of nitrogens with one attached hydrogen (secondary N) is 1. The van der Waals surface area contributed by atoms with Crippen molar-refractivity contribution in [2.24, 2.45) is 0 Å². The molecular weight excluding hydrogens is 303 g/mol. The van der Waals surface area contributed by atoms with Crippen molar-refractivity contribution in [1.82, 2.24) is 9.88 Å². The van der Waals surface area contributed by atoms with Crippen LogP contribution in [-0.2, 0) is 11.3 Å². The lowest BCUT2D eigenvalue weighted by atomic mass is 10.2. The molecule has 1 aromatic heterocycles. The van der Waals surface area contributed by atoms with Gasteiger partial charge in [0.1, 0.15) is 5.60 Å². The van der Waals surface area contributed by atoms with Crippen LogP contribution in [0.25, 0.3) is 0 Å². The van der Waals surface area contributed by atoms with Crippen LogP contribution >= 0.6 is 15.9 Å². The van der Waals surface area contributed by atoms with Crippen molar-refractivity contribution in [3.05, 3.63) is 22.7 Å². The van der Waals surface area contributed by atoms with E-state index in [0.29, 0.717) is 24.0 Å². The van der Waals surface area contributed by atoms with Crippen LogP contribution in [0.5, 0.6) is 0 Å². The molecule has 1 heterocycles. The molecule has 1 rings (SSSR count). The van der Waals surface area contributed by atoms with Crippen LogP contribution in [0.3, 0.4) is 0 Å². The molecule has 18 heavy (non-hydrogen) atoms. The van der Waals surface area contributed by atoms with Crippen LogP contribution in [0.1, 0.15) is 27.2 Å². The number of aromatic nitrogens is 1. The third-order valence-corrected chi connectivity index (χ3v) is 2.63. The van der Waals surface area contributed by atoms with Crippen LogP contribution < -0.4 is 5.32 Å². The average Bonchev–Trinajstić information content (AvgIpc) is 2.51. The number of halogens is 2. The van der Waals surface area contributed by atoms with Crippen LogP contribution in [0.15, 0.2) is 16.9 Å². The Hall–Kier alpha value is -1.04. The SMILES string of the molecule is CC(C)(C)OC(=O)NCCCn1cc(F)c(Br)c1. The van der Waals surface area contributed by atoms with Gasteiger partial charge in [0.2, 0.25) is 0 Å². The molecule has 0 aromatic carbocycles. The van der Waals surface area contributed by atoms with Crippen LogP contribution in [0.4, 0.5) is 9.18 Å². The highest BCUT2D eigenvalue weighted by Crippen LogP contribution is 2.15. The van der Waals surface area contributed by atoms with Crippen molar-refractivity contribution in [1.29, 1.82) is 0 Å². The molecule has 0 aliphatic heterocycles. The first-order chi connectivity index (χ1) is 8.28. The van der Waals surface area contributed by atoms with Gasteiger partial charge in [0.25, 0.3) is 0 Å². The summed E-state index contributed by atoms with van der Waals surface area (Å²) in [5, 5.41) is 2.65. The molecule has 1 N–H and O–H groups in total. The van der Waals surface area contributed by atoms with Gasteiger partial charge in [-0.2, -0.15) is 0 Å². The summed E-state index contributed by atoms with van der Waals surface area (Å²) in [4.78, 5) is 11.3. The topological polar surface area (TPSA) is 43.3 Å². The molecule has 102 valence electrons. The molecule has 0 fully saturated rings. The summed E-state index contributed by atoms with van der Waals surface area (Å²) in [6, 6.07) is 0. The standard InChI is InChI=1S/C12H18BrFN2O2/c1-12(2,3)18-11(17)15-5-4-6-16-7-9(13)10(14)8-16/h7-8H,4-6H2,1-3H3,(H,15,17). The molecule has 0 radical (unpaired) electrons. The van der Waals surface area contributed by atoms with E-state index in [1.807, 2.05) is 20.8 Å². The summed E-state index contributed by atoms with van der Waals surface area (Å²) in [6.45, 7) is 6.57. The Morgan fingerprint density at radius 3 is 2.67 bits per heavy atom.